The van der Waals surface area contributed by atoms with Crippen molar-refractivity contribution in [3.8, 4) is 0 Å². The van der Waals surface area contributed by atoms with Gasteiger partial charge in [0, 0.05) is 25.8 Å². The molecule has 1 amide bonds. The highest BCUT2D eigenvalue weighted by Crippen LogP contribution is 2.28. The summed E-state index contributed by atoms with van der Waals surface area (Å²) in [5.74, 6) is 0.0796. The van der Waals surface area contributed by atoms with Crippen LogP contribution in [0.25, 0.3) is 0 Å². The van der Waals surface area contributed by atoms with E-state index in [9.17, 15) is 4.79 Å². The molecule has 2 N–H and O–H groups in total. The first-order valence-corrected chi connectivity index (χ1v) is 5.73. The molecule has 1 aromatic rings. The lowest BCUT2D eigenvalue weighted by Gasteiger charge is -2.21. The van der Waals surface area contributed by atoms with Crippen LogP contribution in [0.3, 0.4) is 0 Å². The lowest BCUT2D eigenvalue weighted by atomic mass is 10.3. The van der Waals surface area contributed by atoms with Crippen LogP contribution >= 0.6 is 0 Å². The van der Waals surface area contributed by atoms with Crippen molar-refractivity contribution in [2.24, 2.45) is 12.8 Å². The van der Waals surface area contributed by atoms with E-state index in [-0.39, 0.29) is 5.91 Å². The van der Waals surface area contributed by atoms with Crippen molar-refractivity contribution < 1.29 is 4.79 Å². The second-order valence-electron chi connectivity index (χ2n) is 4.21. The normalized spacial score (nSPS) is 15.1. The number of hydrogen-bond acceptors (Lipinski definition) is 3. The minimum Gasteiger partial charge on any atom is -0.334 e. The second kappa shape index (κ2) is 4.65. The van der Waals surface area contributed by atoms with Gasteiger partial charge in [-0.05, 0) is 31.9 Å². The minimum atomic E-state index is 0.0796. The Balaban J connectivity index is 2.08. The molecule has 1 saturated carbocycles. The zero-order valence-electron chi connectivity index (χ0n) is 9.59. The Labute approximate surface area is 95.2 Å². The number of nitrogens with two attached hydrogens (primary N) is 1. The summed E-state index contributed by atoms with van der Waals surface area (Å²) in [6.07, 6.45) is 4.75. The average molecular weight is 222 g/mol. The van der Waals surface area contributed by atoms with Crippen LogP contribution in [0.5, 0.6) is 0 Å². The molecular weight excluding hydrogens is 204 g/mol. The molecule has 1 fully saturated rings. The summed E-state index contributed by atoms with van der Waals surface area (Å²) in [5, 5.41) is 4.02. The number of aryl methyl sites for hydroxylation is 1. The molecule has 0 bridgehead atoms. The predicted molar refractivity (Wildman–Crippen MR) is 60.9 cm³/mol. The Bertz CT molecular complexity index is 370. The van der Waals surface area contributed by atoms with E-state index in [2.05, 4.69) is 5.10 Å². The highest BCUT2D eigenvalue weighted by molar-refractivity contribution is 5.92. The molecule has 0 radical (unpaired) electrons. The number of aromatic nitrogens is 2. The number of amides is 1. The number of carbonyl (C=O) groups is 1. The van der Waals surface area contributed by atoms with Crippen LogP contribution in [0, 0.1) is 0 Å². The standard InChI is InChI=1S/C11H18N4O/c1-14-10(5-7-13-14)11(16)15(8-2-6-12)9-3-4-9/h5,7,9H,2-4,6,8,12H2,1H3. The number of hydrogen-bond donors (Lipinski definition) is 1. The Hall–Kier alpha value is -1.36. The Kier molecular flexibility index (Phi) is 3.24. The van der Waals surface area contributed by atoms with Gasteiger partial charge in [-0.2, -0.15) is 5.10 Å². The minimum absolute atomic E-state index is 0.0796. The van der Waals surface area contributed by atoms with Crippen molar-refractivity contribution >= 4 is 5.91 Å². The molecule has 5 heteroatoms. The van der Waals surface area contributed by atoms with E-state index in [4.69, 9.17) is 5.73 Å². The molecule has 1 aliphatic carbocycles. The van der Waals surface area contributed by atoms with E-state index < -0.39 is 0 Å². The van der Waals surface area contributed by atoms with E-state index in [1.165, 1.54) is 0 Å². The van der Waals surface area contributed by atoms with Crippen LogP contribution in [0.15, 0.2) is 12.3 Å². The number of rotatable bonds is 5. The van der Waals surface area contributed by atoms with Gasteiger partial charge in [-0.15, -0.1) is 0 Å². The summed E-state index contributed by atoms with van der Waals surface area (Å²) in [5.41, 5.74) is 6.15. The molecule has 1 heterocycles. The van der Waals surface area contributed by atoms with Gasteiger partial charge in [0.25, 0.3) is 5.91 Å². The topological polar surface area (TPSA) is 64.2 Å². The predicted octanol–water partition coefficient (Wildman–Crippen LogP) is 0.374. The molecule has 0 unspecified atom stereocenters. The van der Waals surface area contributed by atoms with Crippen LogP contribution in [0.2, 0.25) is 0 Å². The summed E-state index contributed by atoms with van der Waals surface area (Å²) in [6.45, 7) is 1.38. The van der Waals surface area contributed by atoms with Crippen LogP contribution in [-0.2, 0) is 7.05 Å². The molecule has 1 aromatic heterocycles. The molecule has 0 spiro atoms. The van der Waals surface area contributed by atoms with Gasteiger partial charge >= 0.3 is 0 Å². The van der Waals surface area contributed by atoms with Crippen molar-refractivity contribution in [3.05, 3.63) is 18.0 Å². The fourth-order valence-corrected chi connectivity index (χ4v) is 1.83. The third-order valence-corrected chi connectivity index (χ3v) is 2.89. The van der Waals surface area contributed by atoms with Crippen molar-refractivity contribution in [2.75, 3.05) is 13.1 Å². The monoisotopic (exact) mass is 222 g/mol. The zero-order chi connectivity index (χ0) is 11.5. The first kappa shape index (κ1) is 11.1. The van der Waals surface area contributed by atoms with Crippen molar-refractivity contribution in [3.63, 3.8) is 0 Å². The van der Waals surface area contributed by atoms with Crippen LogP contribution in [0.1, 0.15) is 29.8 Å². The zero-order valence-corrected chi connectivity index (χ0v) is 9.59. The summed E-state index contributed by atoms with van der Waals surface area (Å²) in [6, 6.07) is 2.19. The smallest absolute Gasteiger partial charge is 0.272 e. The van der Waals surface area contributed by atoms with Crippen LogP contribution < -0.4 is 5.73 Å². The second-order valence-corrected chi connectivity index (χ2v) is 4.21. The average Bonchev–Trinajstić information content (AvgIpc) is 3.01. The fourth-order valence-electron chi connectivity index (χ4n) is 1.83. The maximum absolute atomic E-state index is 12.2. The van der Waals surface area contributed by atoms with Gasteiger partial charge in [-0.1, -0.05) is 0 Å². The van der Waals surface area contributed by atoms with Crippen molar-refractivity contribution in [2.45, 2.75) is 25.3 Å². The summed E-state index contributed by atoms with van der Waals surface area (Å²) >= 11 is 0. The first-order valence-electron chi connectivity index (χ1n) is 5.73. The fraction of sp³-hybridized carbons (Fsp3) is 0.636. The Morgan fingerprint density at radius 2 is 2.44 bits per heavy atom. The van der Waals surface area contributed by atoms with Gasteiger partial charge in [-0.3, -0.25) is 9.48 Å². The third kappa shape index (κ3) is 2.24. The summed E-state index contributed by atoms with van der Waals surface area (Å²) < 4.78 is 1.63. The third-order valence-electron chi connectivity index (χ3n) is 2.89. The molecule has 88 valence electrons. The first-order chi connectivity index (χ1) is 7.74. The quantitative estimate of drug-likeness (QED) is 0.783. The SMILES string of the molecule is Cn1nccc1C(=O)N(CCCN)C1CC1. The largest absolute Gasteiger partial charge is 0.334 e. The lowest BCUT2D eigenvalue weighted by Crippen LogP contribution is -2.36. The molecule has 0 saturated heterocycles. The Morgan fingerprint density at radius 1 is 1.69 bits per heavy atom. The molecule has 16 heavy (non-hydrogen) atoms. The van der Waals surface area contributed by atoms with E-state index in [1.807, 2.05) is 4.90 Å². The van der Waals surface area contributed by atoms with Gasteiger partial charge < -0.3 is 10.6 Å². The van der Waals surface area contributed by atoms with Gasteiger partial charge in [0.1, 0.15) is 5.69 Å². The maximum atomic E-state index is 12.2. The van der Waals surface area contributed by atoms with Gasteiger partial charge in [0.2, 0.25) is 0 Å². The van der Waals surface area contributed by atoms with Gasteiger partial charge in [-0.25, -0.2) is 0 Å². The summed E-state index contributed by atoms with van der Waals surface area (Å²) in [7, 11) is 1.79. The summed E-state index contributed by atoms with van der Waals surface area (Å²) in [4.78, 5) is 14.2. The van der Waals surface area contributed by atoms with Crippen molar-refractivity contribution in [1.29, 1.82) is 0 Å². The molecule has 0 aliphatic heterocycles. The highest BCUT2D eigenvalue weighted by Gasteiger charge is 2.33. The van der Waals surface area contributed by atoms with E-state index in [1.54, 1.807) is 24.0 Å². The number of carbonyl (C=O) groups excluding carboxylic acids is 1. The van der Waals surface area contributed by atoms with Crippen LogP contribution in [0.4, 0.5) is 0 Å². The van der Waals surface area contributed by atoms with Gasteiger partial charge in [0.15, 0.2) is 0 Å². The molecule has 2 rings (SSSR count). The van der Waals surface area contributed by atoms with E-state index >= 15 is 0 Å². The molecule has 0 aromatic carbocycles. The van der Waals surface area contributed by atoms with E-state index in [0.29, 0.717) is 18.3 Å². The molecular formula is C11H18N4O. The maximum Gasteiger partial charge on any atom is 0.272 e. The number of nitrogens with zero attached hydrogens (tertiary/aromatic N) is 3. The molecule has 0 atom stereocenters. The highest BCUT2D eigenvalue weighted by atomic mass is 16.2. The Morgan fingerprint density at radius 3 is 2.94 bits per heavy atom. The van der Waals surface area contributed by atoms with Crippen molar-refractivity contribution in [1.82, 2.24) is 14.7 Å². The molecule has 1 aliphatic rings. The lowest BCUT2D eigenvalue weighted by molar-refractivity contribution is 0.0731. The van der Waals surface area contributed by atoms with E-state index in [0.717, 1.165) is 25.8 Å². The van der Waals surface area contributed by atoms with Crippen LogP contribution in [-0.4, -0.2) is 39.7 Å². The van der Waals surface area contributed by atoms with Gasteiger partial charge in [0.05, 0.1) is 0 Å². The molecule has 5 nitrogen and oxygen atoms in total.